The summed E-state index contributed by atoms with van der Waals surface area (Å²) in [7, 11) is 1.63. The van der Waals surface area contributed by atoms with E-state index in [-0.39, 0.29) is 24.3 Å². The van der Waals surface area contributed by atoms with Gasteiger partial charge in [-0.2, -0.15) is 0 Å². The Morgan fingerprint density at radius 3 is 2.59 bits per heavy atom. The van der Waals surface area contributed by atoms with E-state index in [9.17, 15) is 9.90 Å². The van der Waals surface area contributed by atoms with Gasteiger partial charge in [-0.05, 0) is 49.2 Å². The van der Waals surface area contributed by atoms with E-state index in [1.165, 1.54) is 0 Å². The van der Waals surface area contributed by atoms with Crippen LogP contribution in [0.15, 0.2) is 53.1 Å². The van der Waals surface area contributed by atoms with E-state index in [0.29, 0.717) is 32.8 Å². The minimum absolute atomic E-state index is 0.0463. The van der Waals surface area contributed by atoms with Crippen molar-refractivity contribution in [3.05, 3.63) is 76.7 Å². The van der Waals surface area contributed by atoms with Crippen molar-refractivity contribution in [2.75, 3.05) is 26.7 Å². The summed E-state index contributed by atoms with van der Waals surface area (Å²) >= 11 is 0. The van der Waals surface area contributed by atoms with Gasteiger partial charge in [-0.1, -0.05) is 29.4 Å². The Hall–Kier alpha value is -3.36. The number of hydrogen-bond acceptors (Lipinski definition) is 7. The van der Waals surface area contributed by atoms with Gasteiger partial charge in [0.1, 0.15) is 17.3 Å². The molecule has 1 aliphatic rings. The lowest BCUT2D eigenvalue weighted by molar-refractivity contribution is -0.132. The summed E-state index contributed by atoms with van der Waals surface area (Å²) < 4.78 is 16.9. The fourth-order valence-corrected chi connectivity index (χ4v) is 4.19. The molecule has 180 valence electrons. The van der Waals surface area contributed by atoms with Gasteiger partial charge in [-0.25, -0.2) is 0 Å². The quantitative estimate of drug-likeness (QED) is 0.545. The summed E-state index contributed by atoms with van der Waals surface area (Å²) in [5.41, 5.74) is 3.79. The second-order valence-electron chi connectivity index (χ2n) is 8.70. The molecule has 0 bridgehead atoms. The summed E-state index contributed by atoms with van der Waals surface area (Å²) in [6.07, 6.45) is -0.192. The number of carbonyl (C=O) groups excluding carboxylic acids is 1. The normalized spacial score (nSPS) is 17.1. The number of hydrogen-bond donors (Lipinski definition) is 1. The smallest absolute Gasteiger partial charge is 0.237 e. The lowest BCUT2D eigenvalue weighted by Gasteiger charge is -2.25. The number of amides is 1. The van der Waals surface area contributed by atoms with Crippen LogP contribution in [-0.2, 0) is 29.2 Å². The second-order valence-corrected chi connectivity index (χ2v) is 8.70. The Labute approximate surface area is 199 Å². The van der Waals surface area contributed by atoms with E-state index >= 15 is 0 Å². The average molecular weight is 466 g/mol. The minimum Gasteiger partial charge on any atom is -0.508 e. The van der Waals surface area contributed by atoms with Crippen LogP contribution in [0.3, 0.4) is 0 Å². The Kier molecular flexibility index (Phi) is 7.49. The van der Waals surface area contributed by atoms with Crippen molar-refractivity contribution in [2.24, 2.45) is 0 Å². The van der Waals surface area contributed by atoms with Crippen LogP contribution in [0.4, 0.5) is 0 Å². The van der Waals surface area contributed by atoms with E-state index in [1.807, 2.05) is 55.1 Å². The van der Waals surface area contributed by atoms with Crippen molar-refractivity contribution in [1.29, 1.82) is 0 Å². The van der Waals surface area contributed by atoms with Gasteiger partial charge in [0.15, 0.2) is 0 Å². The molecule has 8 heteroatoms. The maximum absolute atomic E-state index is 13.2. The fourth-order valence-electron chi connectivity index (χ4n) is 4.19. The molecule has 1 aromatic heterocycles. The zero-order chi connectivity index (χ0) is 24.1. The molecule has 1 amide bonds. The van der Waals surface area contributed by atoms with Crippen LogP contribution in [0.2, 0.25) is 0 Å². The molecule has 34 heavy (non-hydrogen) atoms. The first-order chi connectivity index (χ1) is 16.4. The highest BCUT2D eigenvalue weighted by Crippen LogP contribution is 2.20. The molecule has 3 aromatic rings. The summed E-state index contributed by atoms with van der Waals surface area (Å²) in [6.45, 7) is 6.59. The van der Waals surface area contributed by atoms with Crippen molar-refractivity contribution < 1.29 is 23.9 Å². The number of phenolic OH excluding ortho intramolecular Hbond substituents is 1. The number of aryl methyl sites for hydroxylation is 2. The Bertz CT molecular complexity index is 1090. The third-order valence-corrected chi connectivity index (χ3v) is 6.09. The van der Waals surface area contributed by atoms with Crippen molar-refractivity contribution in [1.82, 2.24) is 15.0 Å². The lowest BCUT2D eigenvalue weighted by Crippen LogP contribution is -2.37. The Morgan fingerprint density at radius 2 is 1.88 bits per heavy atom. The van der Waals surface area contributed by atoms with Gasteiger partial charge < -0.3 is 24.0 Å². The van der Waals surface area contributed by atoms with Gasteiger partial charge in [0.25, 0.3) is 0 Å². The van der Waals surface area contributed by atoms with E-state index in [0.717, 1.165) is 33.9 Å². The van der Waals surface area contributed by atoms with Crippen LogP contribution < -0.4 is 4.74 Å². The van der Waals surface area contributed by atoms with Gasteiger partial charge in [-0.3, -0.25) is 9.69 Å². The van der Waals surface area contributed by atoms with Crippen LogP contribution in [0.5, 0.6) is 11.5 Å². The molecule has 0 spiro atoms. The maximum Gasteiger partial charge on any atom is 0.237 e. The van der Waals surface area contributed by atoms with Crippen LogP contribution in [-0.4, -0.2) is 58.8 Å². The Balaban J connectivity index is 1.52. The first-order valence-electron chi connectivity index (χ1n) is 11.4. The first-order valence-corrected chi connectivity index (χ1v) is 11.4. The van der Waals surface area contributed by atoms with Crippen molar-refractivity contribution in [3.8, 4) is 11.5 Å². The van der Waals surface area contributed by atoms with Gasteiger partial charge in [0.05, 0.1) is 32.1 Å². The topological polar surface area (TPSA) is 88.3 Å². The van der Waals surface area contributed by atoms with E-state index in [2.05, 4.69) is 10.1 Å². The third-order valence-electron chi connectivity index (χ3n) is 6.09. The van der Waals surface area contributed by atoms with Gasteiger partial charge in [-0.15, -0.1) is 0 Å². The van der Waals surface area contributed by atoms with Crippen molar-refractivity contribution in [3.63, 3.8) is 0 Å². The van der Waals surface area contributed by atoms with Crippen LogP contribution >= 0.6 is 0 Å². The number of ether oxygens (including phenoxy) is 2. The summed E-state index contributed by atoms with van der Waals surface area (Å²) in [5, 5.41) is 13.6. The fraction of sp³-hybridized carbons (Fsp3) is 0.385. The highest BCUT2D eigenvalue weighted by atomic mass is 16.5. The molecule has 4 rings (SSSR count). The van der Waals surface area contributed by atoms with Gasteiger partial charge >= 0.3 is 0 Å². The number of phenols is 1. The molecule has 8 nitrogen and oxygen atoms in total. The molecule has 1 N–H and O–H groups in total. The molecule has 0 radical (unpaired) electrons. The zero-order valence-corrected chi connectivity index (χ0v) is 19.9. The van der Waals surface area contributed by atoms with Gasteiger partial charge in [0, 0.05) is 31.7 Å². The highest BCUT2D eigenvalue weighted by Gasteiger charge is 2.29. The zero-order valence-electron chi connectivity index (χ0n) is 19.9. The van der Waals surface area contributed by atoms with Crippen molar-refractivity contribution >= 4 is 5.91 Å². The van der Waals surface area contributed by atoms with E-state index in [4.69, 9.17) is 14.0 Å². The average Bonchev–Trinajstić information content (AvgIpc) is 3.07. The van der Waals surface area contributed by atoms with Crippen LogP contribution in [0.25, 0.3) is 0 Å². The van der Waals surface area contributed by atoms with Crippen molar-refractivity contribution in [2.45, 2.75) is 39.6 Å². The molecular formula is C26H31N3O5. The SMILES string of the molecule is COc1cccc(CN2CC(OCc3c(C)noc3C)CN(Cc3ccc(O)cc3)CC2=O)c1. The minimum atomic E-state index is -0.192. The largest absolute Gasteiger partial charge is 0.508 e. The number of carbonyl (C=O) groups is 1. The van der Waals surface area contributed by atoms with Crippen LogP contribution in [0, 0.1) is 13.8 Å². The summed E-state index contributed by atoms with van der Waals surface area (Å²) in [4.78, 5) is 17.2. The summed E-state index contributed by atoms with van der Waals surface area (Å²) in [6, 6.07) is 14.8. The standard InChI is InChI=1S/C26H31N3O5/c1-18-25(19(2)34-27-18)17-33-24-14-28(12-20-7-9-22(30)10-8-20)16-26(31)29(15-24)13-21-5-4-6-23(11-21)32-3/h4-11,24,30H,12-17H2,1-3H3. The molecule has 1 fully saturated rings. The predicted octanol–water partition coefficient (Wildman–Crippen LogP) is 3.44. The molecule has 2 heterocycles. The molecule has 0 aliphatic carbocycles. The number of benzene rings is 2. The number of aromatic nitrogens is 1. The summed E-state index contributed by atoms with van der Waals surface area (Å²) in [5.74, 6) is 1.78. The second kappa shape index (κ2) is 10.7. The van der Waals surface area contributed by atoms with E-state index in [1.54, 1.807) is 19.2 Å². The third kappa shape index (κ3) is 5.95. The molecule has 1 unspecified atom stereocenters. The molecule has 0 saturated carbocycles. The Morgan fingerprint density at radius 1 is 1.09 bits per heavy atom. The van der Waals surface area contributed by atoms with Crippen LogP contribution in [0.1, 0.15) is 28.1 Å². The number of aromatic hydroxyl groups is 1. The lowest BCUT2D eigenvalue weighted by atomic mass is 10.2. The monoisotopic (exact) mass is 465 g/mol. The molecular weight excluding hydrogens is 434 g/mol. The highest BCUT2D eigenvalue weighted by molar-refractivity contribution is 5.78. The molecule has 1 saturated heterocycles. The molecule has 1 atom stereocenters. The predicted molar refractivity (Wildman–Crippen MR) is 126 cm³/mol. The maximum atomic E-state index is 13.2. The molecule has 1 aliphatic heterocycles. The van der Waals surface area contributed by atoms with Gasteiger partial charge in [0.2, 0.25) is 5.91 Å². The number of methoxy groups -OCH3 is 1. The number of rotatable bonds is 8. The van der Waals surface area contributed by atoms with E-state index < -0.39 is 0 Å². The number of nitrogens with zero attached hydrogens (tertiary/aromatic N) is 3. The molecule has 2 aromatic carbocycles. The first kappa shape index (κ1) is 23.8.